The molecule has 1 N–H and O–H groups in total. The van der Waals surface area contributed by atoms with Gasteiger partial charge in [0.05, 0.1) is 6.20 Å². The molecule has 3 rings (SSSR count). The van der Waals surface area contributed by atoms with Gasteiger partial charge < -0.3 is 0 Å². The molecule has 0 aliphatic heterocycles. The molecule has 0 spiro atoms. The summed E-state index contributed by atoms with van der Waals surface area (Å²) in [5, 5.41) is 0. The van der Waals surface area contributed by atoms with Gasteiger partial charge in [0.2, 0.25) is 0 Å². The minimum Gasteiger partial charge on any atom is -0.238 e. The molecule has 0 unspecified atom stereocenters. The summed E-state index contributed by atoms with van der Waals surface area (Å²) in [7, 11) is 0. The van der Waals surface area contributed by atoms with Crippen LogP contribution in [0.2, 0.25) is 0 Å². The summed E-state index contributed by atoms with van der Waals surface area (Å²) in [6, 6.07) is 2.08. The highest BCUT2D eigenvalue weighted by Crippen LogP contribution is 2.12. The number of fused-ring (bicyclic) bond motifs is 3. The van der Waals surface area contributed by atoms with Crippen LogP contribution in [0.25, 0.3) is 16.0 Å². The molecule has 5 heteroatoms. The zero-order chi connectivity index (χ0) is 11.3. The van der Waals surface area contributed by atoms with Gasteiger partial charge in [0, 0.05) is 5.56 Å². The SMILES string of the molecule is Cc1cc(C)c2ncc3sc(=O)[nH]c3[n+]2c1. The van der Waals surface area contributed by atoms with E-state index < -0.39 is 0 Å². The Morgan fingerprint density at radius 2 is 2.25 bits per heavy atom. The van der Waals surface area contributed by atoms with Gasteiger partial charge in [-0.25, -0.2) is 14.2 Å². The van der Waals surface area contributed by atoms with Gasteiger partial charge in [-0.1, -0.05) is 0 Å². The molecule has 0 aliphatic rings. The van der Waals surface area contributed by atoms with E-state index in [2.05, 4.69) is 16.0 Å². The van der Waals surface area contributed by atoms with Crippen molar-refractivity contribution in [3.8, 4) is 0 Å². The molecule has 0 radical (unpaired) electrons. The second-order valence-electron chi connectivity index (χ2n) is 3.88. The monoisotopic (exact) mass is 232 g/mol. The van der Waals surface area contributed by atoms with Crippen molar-refractivity contribution in [1.82, 2.24) is 9.97 Å². The zero-order valence-corrected chi connectivity index (χ0v) is 9.76. The van der Waals surface area contributed by atoms with Gasteiger partial charge in [-0.15, -0.1) is 4.98 Å². The lowest BCUT2D eigenvalue weighted by Crippen LogP contribution is -2.26. The van der Waals surface area contributed by atoms with Crippen LogP contribution < -0.4 is 9.27 Å². The molecule has 3 aromatic rings. The van der Waals surface area contributed by atoms with Gasteiger partial charge >= 0.3 is 4.87 Å². The lowest BCUT2D eigenvalue weighted by molar-refractivity contribution is -0.487. The van der Waals surface area contributed by atoms with Crippen molar-refractivity contribution in [1.29, 1.82) is 0 Å². The molecule has 0 aromatic carbocycles. The normalized spacial score (nSPS) is 11.4. The fraction of sp³-hybridized carbons (Fsp3) is 0.182. The third-order valence-corrected chi connectivity index (χ3v) is 3.37. The number of H-pyrrole nitrogens is 1. The first-order valence-corrected chi connectivity index (χ1v) is 5.77. The average Bonchev–Trinajstić information content (AvgIpc) is 2.58. The minimum absolute atomic E-state index is 0.0454. The van der Waals surface area contributed by atoms with Crippen molar-refractivity contribution in [3.63, 3.8) is 0 Å². The first kappa shape index (κ1) is 9.47. The fourth-order valence-corrected chi connectivity index (χ4v) is 2.65. The Balaban J connectivity index is 2.63. The van der Waals surface area contributed by atoms with Gasteiger partial charge in [0.1, 0.15) is 10.9 Å². The lowest BCUT2D eigenvalue weighted by Gasteiger charge is -1.99. The van der Waals surface area contributed by atoms with Crippen LogP contribution in [-0.4, -0.2) is 9.97 Å². The number of rotatable bonds is 0. The van der Waals surface area contributed by atoms with Crippen molar-refractivity contribution < 1.29 is 4.40 Å². The Hall–Kier alpha value is -1.75. The molecule has 16 heavy (non-hydrogen) atoms. The number of aromatic amines is 1. The molecule has 3 aromatic heterocycles. The molecule has 0 fully saturated rings. The van der Waals surface area contributed by atoms with Gasteiger partial charge in [0.15, 0.2) is 0 Å². The molecular formula is C11H10N3OS+. The van der Waals surface area contributed by atoms with E-state index in [1.165, 1.54) is 11.3 Å². The van der Waals surface area contributed by atoms with E-state index in [1.807, 2.05) is 24.4 Å². The summed E-state index contributed by atoms with van der Waals surface area (Å²) in [5.74, 6) is 0. The predicted molar refractivity (Wildman–Crippen MR) is 62.9 cm³/mol. The Morgan fingerprint density at radius 1 is 1.44 bits per heavy atom. The third kappa shape index (κ3) is 1.25. The van der Waals surface area contributed by atoms with Crippen LogP contribution in [0.5, 0.6) is 0 Å². The molecule has 80 valence electrons. The largest absolute Gasteiger partial charge is 0.362 e. The summed E-state index contributed by atoms with van der Waals surface area (Å²) in [6.45, 7) is 4.05. The molecule has 0 amide bonds. The van der Waals surface area contributed by atoms with Crippen LogP contribution in [0.4, 0.5) is 0 Å². The first-order valence-electron chi connectivity index (χ1n) is 4.95. The molecule has 0 saturated heterocycles. The van der Waals surface area contributed by atoms with Crippen LogP contribution >= 0.6 is 11.3 Å². The summed E-state index contributed by atoms with van der Waals surface area (Å²) in [5.41, 5.74) is 3.96. The zero-order valence-electron chi connectivity index (χ0n) is 8.94. The smallest absolute Gasteiger partial charge is 0.238 e. The molecule has 3 heterocycles. The molecule has 0 aliphatic carbocycles. The maximum Gasteiger partial charge on any atom is 0.362 e. The van der Waals surface area contributed by atoms with Crippen molar-refractivity contribution in [2.24, 2.45) is 0 Å². The van der Waals surface area contributed by atoms with Crippen molar-refractivity contribution >= 4 is 27.3 Å². The minimum atomic E-state index is -0.0454. The molecule has 0 saturated carbocycles. The predicted octanol–water partition coefficient (Wildman–Crippen LogP) is 1.34. The first-order chi connectivity index (χ1) is 7.65. The summed E-state index contributed by atoms with van der Waals surface area (Å²) in [4.78, 5) is 18.5. The van der Waals surface area contributed by atoms with Crippen LogP contribution in [0.15, 0.2) is 23.3 Å². The van der Waals surface area contributed by atoms with Gasteiger partial charge in [0.25, 0.3) is 11.3 Å². The Bertz CT molecular complexity index is 757. The molecule has 4 nitrogen and oxygen atoms in total. The highest BCUT2D eigenvalue weighted by atomic mass is 32.1. The second kappa shape index (κ2) is 3.12. The van der Waals surface area contributed by atoms with Crippen LogP contribution in [0.3, 0.4) is 0 Å². The highest BCUT2D eigenvalue weighted by Gasteiger charge is 2.13. The van der Waals surface area contributed by atoms with E-state index in [4.69, 9.17) is 0 Å². The average molecular weight is 232 g/mol. The number of nitrogens with zero attached hydrogens (tertiary/aromatic N) is 2. The second-order valence-corrected chi connectivity index (χ2v) is 4.89. The van der Waals surface area contributed by atoms with E-state index in [0.29, 0.717) is 0 Å². The summed E-state index contributed by atoms with van der Waals surface area (Å²) < 4.78 is 2.82. The number of pyridine rings is 1. The van der Waals surface area contributed by atoms with Gasteiger partial charge in [-0.3, -0.25) is 0 Å². The number of nitrogens with one attached hydrogen (secondary N) is 1. The quantitative estimate of drug-likeness (QED) is 0.595. The topological polar surface area (TPSA) is 49.9 Å². The maximum absolute atomic E-state index is 11.3. The summed E-state index contributed by atoms with van der Waals surface area (Å²) in [6.07, 6.45) is 3.73. The van der Waals surface area contributed by atoms with E-state index in [1.54, 1.807) is 6.20 Å². The van der Waals surface area contributed by atoms with Crippen molar-refractivity contribution in [3.05, 3.63) is 39.3 Å². The van der Waals surface area contributed by atoms with Crippen molar-refractivity contribution in [2.45, 2.75) is 13.8 Å². The van der Waals surface area contributed by atoms with E-state index in [9.17, 15) is 4.79 Å². The standard InChI is InChI=1S/C11H9N3OS/c1-6-3-7(2)9-12-4-8-10(14(9)5-6)13-11(15)16-8/h3-5H,1-2H3/p+1. The Morgan fingerprint density at radius 3 is 3.06 bits per heavy atom. The van der Waals surface area contributed by atoms with E-state index >= 15 is 0 Å². The van der Waals surface area contributed by atoms with Crippen molar-refractivity contribution in [2.75, 3.05) is 0 Å². The number of thiazole rings is 1. The Labute approximate surface area is 95.2 Å². The van der Waals surface area contributed by atoms with Crippen LogP contribution in [0, 0.1) is 13.8 Å². The number of hydrogen-bond donors (Lipinski definition) is 1. The van der Waals surface area contributed by atoms with Crippen LogP contribution in [0.1, 0.15) is 11.1 Å². The highest BCUT2D eigenvalue weighted by molar-refractivity contribution is 7.16. The van der Waals surface area contributed by atoms with Gasteiger partial charge in [-0.05, 0) is 36.8 Å². The lowest BCUT2D eigenvalue weighted by atomic mass is 10.2. The maximum atomic E-state index is 11.3. The van der Waals surface area contributed by atoms with E-state index in [-0.39, 0.29) is 4.87 Å². The molecule has 0 atom stereocenters. The molecular weight excluding hydrogens is 222 g/mol. The molecule has 0 bridgehead atoms. The Kier molecular flexibility index (Phi) is 1.85. The summed E-state index contributed by atoms with van der Waals surface area (Å²) >= 11 is 1.18. The third-order valence-electron chi connectivity index (χ3n) is 2.56. The number of aromatic nitrogens is 3. The van der Waals surface area contributed by atoms with Crippen LogP contribution in [-0.2, 0) is 0 Å². The van der Waals surface area contributed by atoms with Gasteiger partial charge in [-0.2, -0.15) is 0 Å². The number of aryl methyl sites for hydroxylation is 2. The van der Waals surface area contributed by atoms with E-state index in [0.717, 1.165) is 27.1 Å². The number of hydrogen-bond acceptors (Lipinski definition) is 3. The fourth-order valence-electron chi connectivity index (χ4n) is 1.95.